The largest absolute Gasteiger partial charge is 0.459 e. The summed E-state index contributed by atoms with van der Waals surface area (Å²) in [6.45, 7) is -0.360. The Morgan fingerprint density at radius 3 is 2.00 bits per heavy atom. The number of methoxy groups -OCH3 is 3. The molecule has 2 aliphatic rings. The Hall–Kier alpha value is -0.890. The Morgan fingerprint density at radius 1 is 0.895 bits per heavy atom. The highest BCUT2D eigenvalue weighted by Gasteiger charge is 2.50. The van der Waals surface area contributed by atoms with Gasteiger partial charge in [-0.3, -0.25) is 5.41 Å². The summed E-state index contributed by atoms with van der Waals surface area (Å²) < 4.78 is 45.0. The molecule has 2 fully saturated rings. The van der Waals surface area contributed by atoms with E-state index in [0.717, 1.165) is 0 Å². The van der Waals surface area contributed by atoms with Gasteiger partial charge in [0.15, 0.2) is 24.4 Å². The van der Waals surface area contributed by atoms with E-state index >= 15 is 0 Å². The van der Waals surface area contributed by atoms with E-state index in [9.17, 15) is 15.3 Å². The van der Waals surface area contributed by atoms with E-state index < -0.39 is 68.1 Å². The standard InChI is InChI=1S/C22H41N3O11S2/c1-24(2)22(37)36-18-16(28)14(26)11(8-29-4)35-20(18)33-10-32-17-13(25(3)21(23)38-7)19(31-6)34-12(9-30-5)15(17)27/h11-20,23,26-28H,8-10H2,1-7H3. The molecule has 2 aliphatic heterocycles. The van der Waals surface area contributed by atoms with Gasteiger partial charge in [-0.25, -0.2) is 0 Å². The minimum absolute atomic E-state index is 0.0135. The number of hydrogen-bond donors (Lipinski definition) is 4. The maximum atomic E-state index is 11.1. The van der Waals surface area contributed by atoms with Crippen LogP contribution in [-0.4, -0.2) is 166 Å². The number of rotatable bonds is 11. The first-order valence-corrected chi connectivity index (χ1v) is 13.5. The first-order valence-electron chi connectivity index (χ1n) is 11.8. The van der Waals surface area contributed by atoms with Crippen molar-refractivity contribution in [2.75, 3.05) is 68.7 Å². The molecule has 222 valence electrons. The minimum atomic E-state index is -1.41. The van der Waals surface area contributed by atoms with Gasteiger partial charge in [0.1, 0.15) is 42.7 Å². The van der Waals surface area contributed by atoms with Crippen LogP contribution in [0.15, 0.2) is 0 Å². The molecule has 0 aromatic carbocycles. The molecule has 16 heteroatoms. The number of amidine groups is 1. The lowest BCUT2D eigenvalue weighted by Crippen LogP contribution is -2.65. The van der Waals surface area contributed by atoms with Crippen LogP contribution in [0.5, 0.6) is 0 Å². The Morgan fingerprint density at radius 2 is 1.47 bits per heavy atom. The lowest BCUT2D eigenvalue weighted by Gasteiger charge is -2.47. The maximum Gasteiger partial charge on any atom is 0.259 e. The van der Waals surface area contributed by atoms with Crippen LogP contribution in [0.4, 0.5) is 0 Å². The summed E-state index contributed by atoms with van der Waals surface area (Å²) in [4.78, 5) is 3.10. The Balaban J connectivity index is 2.24. The molecule has 4 N–H and O–H groups in total. The van der Waals surface area contributed by atoms with E-state index in [1.165, 1.54) is 38.0 Å². The Kier molecular flexibility index (Phi) is 13.8. The molecule has 10 unspecified atom stereocenters. The molecular formula is C22H41N3O11S2. The number of hydrogen-bond acceptors (Lipinski definition) is 14. The summed E-state index contributed by atoms with van der Waals surface area (Å²) in [5.41, 5.74) is 0. The van der Waals surface area contributed by atoms with Crippen molar-refractivity contribution in [2.45, 2.75) is 61.3 Å². The Labute approximate surface area is 232 Å². The number of aliphatic hydroxyl groups excluding tert-OH is 3. The van der Waals surface area contributed by atoms with Crippen LogP contribution in [-0.2, 0) is 37.9 Å². The van der Waals surface area contributed by atoms with Crippen molar-refractivity contribution in [1.82, 2.24) is 9.80 Å². The fourth-order valence-electron chi connectivity index (χ4n) is 4.15. The Bertz CT molecular complexity index is 755. The van der Waals surface area contributed by atoms with Crippen molar-refractivity contribution in [1.29, 1.82) is 5.41 Å². The molecule has 0 aliphatic carbocycles. The fourth-order valence-corrected chi connectivity index (χ4v) is 4.67. The second-order valence-electron chi connectivity index (χ2n) is 8.97. The van der Waals surface area contributed by atoms with Crippen LogP contribution < -0.4 is 0 Å². The molecule has 0 spiro atoms. The van der Waals surface area contributed by atoms with Crippen molar-refractivity contribution in [3.05, 3.63) is 0 Å². The van der Waals surface area contributed by atoms with Crippen molar-refractivity contribution >= 4 is 34.3 Å². The highest BCUT2D eigenvalue weighted by molar-refractivity contribution is 8.13. The second-order valence-corrected chi connectivity index (χ2v) is 10.1. The van der Waals surface area contributed by atoms with Crippen molar-refractivity contribution in [3.8, 4) is 0 Å². The van der Waals surface area contributed by atoms with Gasteiger partial charge in [0, 0.05) is 42.5 Å². The molecule has 0 radical (unpaired) electrons. The molecule has 2 heterocycles. The average Bonchev–Trinajstić information content (AvgIpc) is 2.89. The predicted molar refractivity (Wildman–Crippen MR) is 141 cm³/mol. The monoisotopic (exact) mass is 587 g/mol. The molecule has 0 aromatic heterocycles. The lowest BCUT2D eigenvalue weighted by molar-refractivity contribution is -0.332. The van der Waals surface area contributed by atoms with Gasteiger partial charge in [0.05, 0.1) is 13.2 Å². The van der Waals surface area contributed by atoms with Gasteiger partial charge in [0.25, 0.3) is 5.17 Å². The summed E-state index contributed by atoms with van der Waals surface area (Å²) in [7, 11) is 9.37. The zero-order chi connectivity index (χ0) is 28.6. The van der Waals surface area contributed by atoms with Gasteiger partial charge in [-0.05, 0) is 18.5 Å². The fraction of sp³-hybridized carbons (Fsp3) is 0.909. The SMILES string of the molecule is COCC1OC(OCOC2C(O)C(COC)OC(OC)C2N(C)C(=N)SC)C(OC(=S)N(C)C)C(O)C1O. The lowest BCUT2D eigenvalue weighted by atomic mass is 9.96. The van der Waals surface area contributed by atoms with E-state index in [-0.39, 0.29) is 23.6 Å². The third-order valence-electron chi connectivity index (χ3n) is 6.24. The molecular weight excluding hydrogens is 546 g/mol. The van der Waals surface area contributed by atoms with Crippen LogP contribution in [0, 0.1) is 5.41 Å². The van der Waals surface area contributed by atoms with Gasteiger partial charge in [0.2, 0.25) is 6.29 Å². The van der Waals surface area contributed by atoms with Crippen LogP contribution in [0.25, 0.3) is 0 Å². The summed E-state index contributed by atoms with van der Waals surface area (Å²) in [6.07, 6.45) is -8.03. The van der Waals surface area contributed by atoms with Gasteiger partial charge in [-0.2, -0.15) is 0 Å². The third kappa shape index (κ3) is 8.08. The van der Waals surface area contributed by atoms with Crippen molar-refractivity contribution < 1.29 is 53.2 Å². The number of thioether (sulfide) groups is 1. The minimum Gasteiger partial charge on any atom is -0.459 e. The molecule has 38 heavy (non-hydrogen) atoms. The predicted octanol–water partition coefficient (Wildman–Crippen LogP) is -1.35. The first kappa shape index (κ1) is 33.3. The first-order chi connectivity index (χ1) is 18.0. The number of aliphatic hydroxyl groups is 3. The van der Waals surface area contributed by atoms with Gasteiger partial charge in [-0.1, -0.05) is 11.8 Å². The molecule has 0 bridgehead atoms. The number of ether oxygens (including phenoxy) is 8. The highest BCUT2D eigenvalue weighted by Crippen LogP contribution is 2.30. The van der Waals surface area contributed by atoms with E-state index in [2.05, 4.69) is 0 Å². The molecule has 0 aromatic rings. The number of likely N-dealkylation sites (N-methyl/N-ethyl adjacent to an activating group) is 1. The number of nitrogens with zero attached hydrogens (tertiary/aromatic N) is 2. The molecule has 2 rings (SSSR count). The quantitative estimate of drug-likeness (QED) is 0.0969. The van der Waals surface area contributed by atoms with Crippen molar-refractivity contribution in [3.63, 3.8) is 0 Å². The molecule has 14 nitrogen and oxygen atoms in total. The van der Waals surface area contributed by atoms with Gasteiger partial charge < -0.3 is 63.0 Å². The maximum absolute atomic E-state index is 11.1. The average molecular weight is 588 g/mol. The summed E-state index contributed by atoms with van der Waals surface area (Å²) in [5, 5.41) is 40.9. The van der Waals surface area contributed by atoms with E-state index in [4.69, 9.17) is 55.5 Å². The zero-order valence-corrected chi connectivity index (χ0v) is 24.3. The summed E-state index contributed by atoms with van der Waals surface area (Å²) >= 11 is 6.40. The normalized spacial score (nSPS) is 35.5. The topological polar surface area (TPSA) is 165 Å². The third-order valence-corrected chi connectivity index (χ3v) is 7.37. The molecule has 0 saturated carbocycles. The van der Waals surface area contributed by atoms with Crippen LogP contribution in [0.3, 0.4) is 0 Å². The van der Waals surface area contributed by atoms with E-state index in [1.54, 1.807) is 32.3 Å². The van der Waals surface area contributed by atoms with Crippen LogP contribution in [0.1, 0.15) is 0 Å². The van der Waals surface area contributed by atoms with Gasteiger partial charge in [-0.15, -0.1) is 0 Å². The molecule has 10 atom stereocenters. The summed E-state index contributed by atoms with van der Waals surface area (Å²) in [5.74, 6) is 0. The van der Waals surface area contributed by atoms with Crippen LogP contribution >= 0.6 is 24.0 Å². The molecule has 0 amide bonds. The van der Waals surface area contributed by atoms with E-state index in [1.807, 2.05) is 0 Å². The number of thiocarbonyl (C=S) groups is 1. The van der Waals surface area contributed by atoms with Gasteiger partial charge >= 0.3 is 0 Å². The van der Waals surface area contributed by atoms with Crippen LogP contribution in [0.2, 0.25) is 0 Å². The zero-order valence-electron chi connectivity index (χ0n) is 22.7. The molecule has 2 saturated heterocycles. The smallest absolute Gasteiger partial charge is 0.259 e. The number of nitrogens with one attached hydrogen (secondary N) is 1. The second kappa shape index (κ2) is 15.8. The highest BCUT2D eigenvalue weighted by atomic mass is 32.2. The van der Waals surface area contributed by atoms with Crippen molar-refractivity contribution in [2.24, 2.45) is 0 Å². The van der Waals surface area contributed by atoms with E-state index in [0.29, 0.717) is 0 Å². The summed E-state index contributed by atoms with van der Waals surface area (Å²) in [6, 6.07) is -0.721.